The number of carbonyl (C=O) groups is 2. The van der Waals surface area contributed by atoms with Crippen molar-refractivity contribution in [3.8, 4) is 0 Å². The second-order valence-corrected chi connectivity index (χ2v) is 4.01. The number of aliphatic carboxylic acids is 1. The summed E-state index contributed by atoms with van der Waals surface area (Å²) in [4.78, 5) is 26.2. The highest BCUT2D eigenvalue weighted by atomic mass is 35.5. The van der Waals surface area contributed by atoms with Crippen LogP contribution >= 0.6 is 11.6 Å². The normalized spacial score (nSPS) is 10.2. The number of amides is 1. The molecule has 7 nitrogen and oxygen atoms in total. The SMILES string of the molecule is O=C(O)Cn1cc(NC(=O)c2cccc(Cl)n2)cn1. The van der Waals surface area contributed by atoms with E-state index in [1.54, 1.807) is 12.1 Å². The third-order valence-corrected chi connectivity index (χ3v) is 2.35. The molecule has 0 spiro atoms. The molecule has 0 bridgehead atoms. The smallest absolute Gasteiger partial charge is 0.325 e. The summed E-state index contributed by atoms with van der Waals surface area (Å²) in [7, 11) is 0. The van der Waals surface area contributed by atoms with Gasteiger partial charge in [-0.1, -0.05) is 17.7 Å². The summed E-state index contributed by atoms with van der Waals surface area (Å²) in [6.07, 6.45) is 2.77. The van der Waals surface area contributed by atoms with Crippen molar-refractivity contribution in [1.82, 2.24) is 14.8 Å². The minimum absolute atomic E-state index is 0.165. The average Bonchev–Trinajstić information content (AvgIpc) is 2.75. The molecule has 0 saturated carbocycles. The fourth-order valence-corrected chi connectivity index (χ4v) is 1.55. The van der Waals surface area contributed by atoms with Gasteiger partial charge in [0.15, 0.2) is 0 Å². The van der Waals surface area contributed by atoms with Crippen LogP contribution in [0.25, 0.3) is 0 Å². The maximum Gasteiger partial charge on any atom is 0.325 e. The summed E-state index contributed by atoms with van der Waals surface area (Å²) in [5, 5.41) is 15.1. The van der Waals surface area contributed by atoms with E-state index in [1.807, 2.05) is 0 Å². The number of hydrogen-bond donors (Lipinski definition) is 2. The molecule has 98 valence electrons. The minimum atomic E-state index is -1.02. The topological polar surface area (TPSA) is 97.1 Å². The molecular weight excluding hydrogens is 272 g/mol. The number of nitrogens with one attached hydrogen (secondary N) is 1. The van der Waals surface area contributed by atoms with Gasteiger partial charge in [-0.05, 0) is 12.1 Å². The predicted octanol–water partition coefficient (Wildman–Crippen LogP) is 1.27. The lowest BCUT2D eigenvalue weighted by Gasteiger charge is -2.01. The predicted molar refractivity (Wildman–Crippen MR) is 67.1 cm³/mol. The molecule has 0 unspecified atom stereocenters. The summed E-state index contributed by atoms with van der Waals surface area (Å²) >= 11 is 5.68. The zero-order valence-corrected chi connectivity index (χ0v) is 10.3. The first kappa shape index (κ1) is 13.0. The lowest BCUT2D eigenvalue weighted by molar-refractivity contribution is -0.137. The van der Waals surface area contributed by atoms with Crippen molar-refractivity contribution < 1.29 is 14.7 Å². The molecule has 8 heteroatoms. The Bertz CT molecular complexity index is 626. The van der Waals surface area contributed by atoms with Gasteiger partial charge in [-0.25, -0.2) is 4.98 Å². The van der Waals surface area contributed by atoms with Crippen molar-refractivity contribution in [2.75, 3.05) is 5.32 Å². The van der Waals surface area contributed by atoms with Crippen molar-refractivity contribution in [3.05, 3.63) is 41.4 Å². The fraction of sp³-hybridized carbons (Fsp3) is 0.0909. The monoisotopic (exact) mass is 280 g/mol. The number of halogens is 1. The summed E-state index contributed by atoms with van der Waals surface area (Å²) in [5.41, 5.74) is 0.548. The Balaban J connectivity index is 2.06. The van der Waals surface area contributed by atoms with Crippen molar-refractivity contribution in [1.29, 1.82) is 0 Å². The number of carbonyl (C=O) groups excluding carboxylic acids is 1. The minimum Gasteiger partial charge on any atom is -0.480 e. The largest absolute Gasteiger partial charge is 0.480 e. The maximum absolute atomic E-state index is 11.8. The van der Waals surface area contributed by atoms with Crippen LogP contribution in [0.15, 0.2) is 30.6 Å². The molecule has 0 aromatic carbocycles. The lowest BCUT2D eigenvalue weighted by Crippen LogP contribution is -2.13. The van der Waals surface area contributed by atoms with Crippen LogP contribution in [-0.4, -0.2) is 31.7 Å². The zero-order chi connectivity index (χ0) is 13.8. The Morgan fingerprint density at radius 2 is 2.21 bits per heavy atom. The van der Waals surface area contributed by atoms with Crippen LogP contribution in [0, 0.1) is 0 Å². The van der Waals surface area contributed by atoms with Crippen molar-refractivity contribution in [3.63, 3.8) is 0 Å². The van der Waals surface area contributed by atoms with Gasteiger partial charge in [-0.2, -0.15) is 5.10 Å². The molecular formula is C11H9ClN4O3. The van der Waals surface area contributed by atoms with E-state index >= 15 is 0 Å². The van der Waals surface area contributed by atoms with E-state index in [4.69, 9.17) is 16.7 Å². The Kier molecular flexibility index (Phi) is 3.76. The summed E-state index contributed by atoms with van der Waals surface area (Å²) in [5.74, 6) is -1.46. The van der Waals surface area contributed by atoms with Crippen LogP contribution in [-0.2, 0) is 11.3 Å². The van der Waals surface area contributed by atoms with Gasteiger partial charge < -0.3 is 10.4 Å². The van der Waals surface area contributed by atoms with Crippen LogP contribution in [0.5, 0.6) is 0 Å². The molecule has 0 fully saturated rings. The van der Waals surface area contributed by atoms with E-state index in [0.717, 1.165) is 0 Å². The Labute approximate surface area is 112 Å². The number of anilines is 1. The first-order chi connectivity index (χ1) is 9.04. The second-order valence-electron chi connectivity index (χ2n) is 3.62. The molecule has 2 aromatic rings. The van der Waals surface area contributed by atoms with Gasteiger partial charge in [-0.15, -0.1) is 0 Å². The lowest BCUT2D eigenvalue weighted by atomic mass is 10.3. The molecule has 2 aromatic heterocycles. The third-order valence-electron chi connectivity index (χ3n) is 2.14. The van der Waals surface area contributed by atoms with Crippen LogP contribution in [0.2, 0.25) is 5.15 Å². The molecule has 0 aliphatic heterocycles. The van der Waals surface area contributed by atoms with Crippen LogP contribution in [0.4, 0.5) is 5.69 Å². The molecule has 2 rings (SSSR count). The standard InChI is InChI=1S/C11H9ClN4O3/c12-9-3-1-2-8(15-9)11(19)14-7-4-13-16(5-7)6-10(17)18/h1-5H,6H2,(H,14,19)(H,17,18). The molecule has 1 amide bonds. The highest BCUT2D eigenvalue weighted by Gasteiger charge is 2.10. The highest BCUT2D eigenvalue weighted by molar-refractivity contribution is 6.29. The maximum atomic E-state index is 11.8. The third kappa shape index (κ3) is 3.52. The molecule has 0 saturated heterocycles. The average molecular weight is 281 g/mol. The first-order valence-corrected chi connectivity index (χ1v) is 5.60. The van der Waals surface area contributed by atoms with Crippen LogP contribution in [0.1, 0.15) is 10.5 Å². The highest BCUT2D eigenvalue weighted by Crippen LogP contribution is 2.09. The fourth-order valence-electron chi connectivity index (χ4n) is 1.38. The number of nitrogens with zero attached hydrogens (tertiary/aromatic N) is 3. The van der Waals surface area contributed by atoms with E-state index in [1.165, 1.54) is 23.1 Å². The molecule has 2 heterocycles. The quantitative estimate of drug-likeness (QED) is 0.822. The molecule has 19 heavy (non-hydrogen) atoms. The molecule has 0 atom stereocenters. The van der Waals surface area contributed by atoms with Crippen LogP contribution in [0.3, 0.4) is 0 Å². The van der Waals surface area contributed by atoms with Gasteiger partial charge in [0.05, 0.1) is 11.9 Å². The Morgan fingerprint density at radius 1 is 1.42 bits per heavy atom. The molecule has 0 radical (unpaired) electrons. The second kappa shape index (κ2) is 5.49. The van der Waals surface area contributed by atoms with Crippen LogP contribution < -0.4 is 5.32 Å². The van der Waals surface area contributed by atoms with Gasteiger partial charge in [0.2, 0.25) is 0 Å². The van der Waals surface area contributed by atoms with Crippen molar-refractivity contribution in [2.45, 2.75) is 6.54 Å². The van der Waals surface area contributed by atoms with Gasteiger partial charge in [0.25, 0.3) is 5.91 Å². The molecule has 0 aliphatic rings. The van der Waals surface area contributed by atoms with E-state index < -0.39 is 11.9 Å². The number of aromatic nitrogens is 3. The van der Waals surface area contributed by atoms with Crippen molar-refractivity contribution in [2.24, 2.45) is 0 Å². The number of rotatable bonds is 4. The summed E-state index contributed by atoms with van der Waals surface area (Å²) < 4.78 is 1.20. The Hall–Kier alpha value is -2.41. The van der Waals surface area contributed by atoms with E-state index in [-0.39, 0.29) is 17.4 Å². The van der Waals surface area contributed by atoms with Gasteiger partial charge in [0, 0.05) is 6.20 Å². The Morgan fingerprint density at radius 3 is 2.89 bits per heavy atom. The van der Waals surface area contributed by atoms with E-state index in [0.29, 0.717) is 5.69 Å². The number of hydrogen-bond acceptors (Lipinski definition) is 4. The van der Waals surface area contributed by atoms with Crippen molar-refractivity contribution >= 4 is 29.2 Å². The van der Waals surface area contributed by atoms with E-state index in [9.17, 15) is 9.59 Å². The number of pyridine rings is 1. The summed E-state index contributed by atoms with van der Waals surface area (Å²) in [6, 6.07) is 4.68. The number of carboxylic acids is 1. The van der Waals surface area contributed by atoms with Gasteiger partial charge in [-0.3, -0.25) is 14.3 Å². The number of carboxylic acid groups (broad SMARTS) is 1. The summed E-state index contributed by atoms with van der Waals surface area (Å²) in [6.45, 7) is -0.273. The first-order valence-electron chi connectivity index (χ1n) is 5.23. The van der Waals surface area contributed by atoms with E-state index in [2.05, 4.69) is 15.4 Å². The molecule has 2 N–H and O–H groups in total. The van der Waals surface area contributed by atoms with Gasteiger partial charge >= 0.3 is 5.97 Å². The molecule has 0 aliphatic carbocycles. The van der Waals surface area contributed by atoms with Gasteiger partial charge in [0.1, 0.15) is 17.4 Å². The zero-order valence-electron chi connectivity index (χ0n) is 9.58.